The molecule has 0 saturated carbocycles. The van der Waals surface area contributed by atoms with Gasteiger partial charge < -0.3 is 10.6 Å². The zero-order valence-corrected chi connectivity index (χ0v) is 12.2. The standard InChI is InChI=1S/C14H18F2N2O.ClH/c1-9-5-11(13(16)6-12(9)15)14(19)18-4-2-3-10(7-17)8-18;/h5-6,10H,2-4,7-8,17H2,1H3;1H. The van der Waals surface area contributed by atoms with Gasteiger partial charge in [-0.2, -0.15) is 0 Å². The molecule has 0 aromatic heterocycles. The highest BCUT2D eigenvalue weighted by Crippen LogP contribution is 2.20. The Morgan fingerprint density at radius 1 is 1.40 bits per heavy atom. The lowest BCUT2D eigenvalue weighted by molar-refractivity contribution is 0.0673. The van der Waals surface area contributed by atoms with Crippen molar-refractivity contribution >= 4 is 18.3 Å². The van der Waals surface area contributed by atoms with Crippen molar-refractivity contribution in [1.82, 2.24) is 4.90 Å². The number of carbonyl (C=O) groups excluding carboxylic acids is 1. The average molecular weight is 305 g/mol. The zero-order valence-electron chi connectivity index (χ0n) is 11.4. The number of halogens is 3. The monoisotopic (exact) mass is 304 g/mol. The molecule has 1 fully saturated rings. The molecule has 1 amide bonds. The average Bonchev–Trinajstić information content (AvgIpc) is 2.42. The minimum atomic E-state index is -0.803. The highest BCUT2D eigenvalue weighted by molar-refractivity contribution is 5.94. The van der Waals surface area contributed by atoms with E-state index in [-0.39, 0.29) is 35.4 Å². The lowest BCUT2D eigenvalue weighted by Crippen LogP contribution is -2.42. The number of benzene rings is 1. The zero-order chi connectivity index (χ0) is 14.0. The molecule has 2 rings (SSSR count). The summed E-state index contributed by atoms with van der Waals surface area (Å²) < 4.78 is 26.9. The van der Waals surface area contributed by atoms with Gasteiger partial charge in [0.05, 0.1) is 5.56 Å². The van der Waals surface area contributed by atoms with Gasteiger partial charge >= 0.3 is 0 Å². The van der Waals surface area contributed by atoms with Gasteiger partial charge in [-0.15, -0.1) is 12.4 Å². The predicted octanol–water partition coefficient (Wildman–Crippen LogP) is 2.51. The van der Waals surface area contributed by atoms with Crippen molar-refractivity contribution in [1.29, 1.82) is 0 Å². The summed E-state index contributed by atoms with van der Waals surface area (Å²) >= 11 is 0. The number of nitrogens with zero attached hydrogens (tertiary/aromatic N) is 1. The molecule has 0 radical (unpaired) electrons. The number of hydrogen-bond acceptors (Lipinski definition) is 2. The van der Waals surface area contributed by atoms with Crippen LogP contribution in [0.5, 0.6) is 0 Å². The van der Waals surface area contributed by atoms with E-state index in [4.69, 9.17) is 5.73 Å². The van der Waals surface area contributed by atoms with E-state index in [0.717, 1.165) is 18.9 Å². The van der Waals surface area contributed by atoms with Crippen molar-refractivity contribution in [2.75, 3.05) is 19.6 Å². The van der Waals surface area contributed by atoms with Crippen LogP contribution in [0, 0.1) is 24.5 Å². The largest absolute Gasteiger partial charge is 0.338 e. The van der Waals surface area contributed by atoms with Gasteiger partial charge in [0, 0.05) is 19.2 Å². The maximum Gasteiger partial charge on any atom is 0.256 e. The molecule has 112 valence electrons. The molecule has 1 atom stereocenters. The van der Waals surface area contributed by atoms with Crippen LogP contribution in [0.25, 0.3) is 0 Å². The number of hydrogen-bond donors (Lipinski definition) is 1. The molecular weight excluding hydrogens is 286 g/mol. The number of nitrogens with two attached hydrogens (primary N) is 1. The van der Waals surface area contributed by atoms with Gasteiger partial charge in [-0.05, 0) is 43.9 Å². The molecule has 6 heteroatoms. The molecule has 1 aliphatic rings. The fourth-order valence-corrected chi connectivity index (χ4v) is 2.43. The first-order chi connectivity index (χ1) is 9.02. The van der Waals surface area contributed by atoms with Crippen LogP contribution in [0.1, 0.15) is 28.8 Å². The van der Waals surface area contributed by atoms with E-state index in [0.29, 0.717) is 19.6 Å². The summed E-state index contributed by atoms with van der Waals surface area (Å²) in [5, 5.41) is 0. The van der Waals surface area contributed by atoms with Crippen molar-refractivity contribution in [3.05, 3.63) is 34.9 Å². The van der Waals surface area contributed by atoms with Crippen LogP contribution in [0.15, 0.2) is 12.1 Å². The topological polar surface area (TPSA) is 46.3 Å². The molecule has 1 heterocycles. The quantitative estimate of drug-likeness (QED) is 0.912. The summed E-state index contributed by atoms with van der Waals surface area (Å²) in [4.78, 5) is 13.9. The summed E-state index contributed by atoms with van der Waals surface area (Å²) in [7, 11) is 0. The molecule has 2 N–H and O–H groups in total. The highest BCUT2D eigenvalue weighted by Gasteiger charge is 2.25. The van der Waals surface area contributed by atoms with E-state index >= 15 is 0 Å². The minimum absolute atomic E-state index is 0. The van der Waals surface area contributed by atoms with Gasteiger partial charge in [0.2, 0.25) is 0 Å². The Morgan fingerprint density at radius 2 is 2.10 bits per heavy atom. The Labute approximate surface area is 123 Å². The number of piperidine rings is 1. The summed E-state index contributed by atoms with van der Waals surface area (Å²) in [6, 6.07) is 2.05. The van der Waals surface area contributed by atoms with Gasteiger partial charge in [0.25, 0.3) is 5.91 Å². The normalized spacial score (nSPS) is 18.6. The van der Waals surface area contributed by atoms with Gasteiger partial charge in [0.15, 0.2) is 0 Å². The summed E-state index contributed by atoms with van der Waals surface area (Å²) in [5.41, 5.74) is 5.83. The van der Waals surface area contributed by atoms with Crippen LogP contribution in [0.2, 0.25) is 0 Å². The van der Waals surface area contributed by atoms with Crippen molar-refractivity contribution in [3.63, 3.8) is 0 Å². The number of amides is 1. The first-order valence-electron chi connectivity index (χ1n) is 6.48. The van der Waals surface area contributed by atoms with Crippen LogP contribution in [0.3, 0.4) is 0 Å². The summed E-state index contributed by atoms with van der Waals surface area (Å²) in [5.74, 6) is -1.54. The van der Waals surface area contributed by atoms with Gasteiger partial charge in [-0.3, -0.25) is 4.79 Å². The molecule has 0 bridgehead atoms. The van der Waals surface area contributed by atoms with Crippen molar-refractivity contribution in [2.24, 2.45) is 11.7 Å². The molecule has 1 aromatic rings. The Bertz CT molecular complexity index is 496. The lowest BCUT2D eigenvalue weighted by atomic mass is 9.97. The number of rotatable bonds is 2. The maximum absolute atomic E-state index is 13.7. The second-order valence-corrected chi connectivity index (χ2v) is 5.08. The fraction of sp³-hybridized carbons (Fsp3) is 0.500. The number of likely N-dealkylation sites (tertiary alicyclic amines) is 1. The molecule has 3 nitrogen and oxygen atoms in total. The van der Waals surface area contributed by atoms with E-state index in [1.54, 1.807) is 4.90 Å². The molecule has 1 aromatic carbocycles. The third-order valence-electron chi connectivity index (χ3n) is 3.62. The summed E-state index contributed by atoms with van der Waals surface area (Å²) in [6.07, 6.45) is 1.86. The molecule has 1 unspecified atom stereocenters. The third-order valence-corrected chi connectivity index (χ3v) is 3.62. The molecule has 0 aliphatic carbocycles. The highest BCUT2D eigenvalue weighted by atomic mass is 35.5. The maximum atomic E-state index is 13.7. The molecule has 0 spiro atoms. The van der Waals surface area contributed by atoms with Gasteiger partial charge in [-0.25, -0.2) is 8.78 Å². The first kappa shape index (κ1) is 16.9. The minimum Gasteiger partial charge on any atom is -0.338 e. The third kappa shape index (κ3) is 3.46. The summed E-state index contributed by atoms with van der Waals surface area (Å²) in [6.45, 7) is 3.19. The van der Waals surface area contributed by atoms with E-state index in [1.165, 1.54) is 13.0 Å². The fourth-order valence-electron chi connectivity index (χ4n) is 2.43. The number of aryl methyl sites for hydroxylation is 1. The number of carbonyl (C=O) groups is 1. The molecule has 20 heavy (non-hydrogen) atoms. The second kappa shape index (κ2) is 6.99. The van der Waals surface area contributed by atoms with Crippen molar-refractivity contribution in [2.45, 2.75) is 19.8 Å². The first-order valence-corrected chi connectivity index (χ1v) is 6.48. The van der Waals surface area contributed by atoms with Crippen molar-refractivity contribution < 1.29 is 13.6 Å². The van der Waals surface area contributed by atoms with Crippen molar-refractivity contribution in [3.8, 4) is 0 Å². The lowest BCUT2D eigenvalue weighted by Gasteiger charge is -2.32. The Hall–Kier alpha value is -1.20. The van der Waals surface area contributed by atoms with Crippen LogP contribution >= 0.6 is 12.4 Å². The van der Waals surface area contributed by atoms with Gasteiger partial charge in [-0.1, -0.05) is 0 Å². The van der Waals surface area contributed by atoms with Gasteiger partial charge in [0.1, 0.15) is 11.6 Å². The second-order valence-electron chi connectivity index (χ2n) is 5.08. The SMILES string of the molecule is Cc1cc(C(=O)N2CCCC(CN)C2)c(F)cc1F.Cl. The van der Waals surface area contributed by atoms with E-state index in [2.05, 4.69) is 0 Å². The van der Waals surface area contributed by atoms with Crippen LogP contribution in [0.4, 0.5) is 8.78 Å². The van der Waals surface area contributed by atoms with Crippen LogP contribution < -0.4 is 5.73 Å². The van der Waals surface area contributed by atoms with Crippen LogP contribution in [-0.2, 0) is 0 Å². The Morgan fingerprint density at radius 3 is 2.75 bits per heavy atom. The van der Waals surface area contributed by atoms with E-state index in [9.17, 15) is 13.6 Å². The molecule has 1 saturated heterocycles. The van der Waals surface area contributed by atoms with Crippen LogP contribution in [-0.4, -0.2) is 30.4 Å². The smallest absolute Gasteiger partial charge is 0.256 e. The molecule has 1 aliphatic heterocycles. The Balaban J connectivity index is 0.00000200. The predicted molar refractivity (Wildman–Crippen MR) is 76.0 cm³/mol. The molecular formula is C14H19ClF2N2O. The van der Waals surface area contributed by atoms with E-state index < -0.39 is 11.6 Å². The Kier molecular flexibility index (Phi) is 5.89. The van der Waals surface area contributed by atoms with E-state index in [1.807, 2.05) is 0 Å².